The first-order valence-corrected chi connectivity index (χ1v) is 7.97. The molecule has 2 heteroatoms. The zero-order chi connectivity index (χ0) is 13.8. The Labute approximate surface area is 117 Å². The van der Waals surface area contributed by atoms with Crippen LogP contribution >= 0.6 is 0 Å². The van der Waals surface area contributed by atoms with Gasteiger partial charge >= 0.3 is 0 Å². The smallest absolute Gasteiger partial charge is 0.143 e. The van der Waals surface area contributed by atoms with Crippen LogP contribution in [0, 0.1) is 5.92 Å². The molecular formula is C17H28O2. The maximum atomic E-state index is 11.9. The molecular weight excluding hydrogens is 236 g/mol. The van der Waals surface area contributed by atoms with Crippen molar-refractivity contribution in [1.82, 2.24) is 0 Å². The molecule has 0 saturated carbocycles. The normalized spacial score (nSPS) is 26.7. The van der Waals surface area contributed by atoms with Crippen LogP contribution in [0.1, 0.15) is 77.0 Å². The average Bonchev–Trinajstić information content (AvgIpc) is 2.42. The Bertz CT molecular complexity index is 281. The number of hydrogen-bond acceptors (Lipinski definition) is 2. The predicted octanol–water partition coefficient (Wildman–Crippen LogP) is 4.62. The minimum Gasteiger partial charge on any atom is -0.303 e. The van der Waals surface area contributed by atoms with Crippen molar-refractivity contribution in [2.45, 2.75) is 77.0 Å². The van der Waals surface area contributed by atoms with Crippen LogP contribution in [0.2, 0.25) is 0 Å². The molecule has 0 saturated heterocycles. The van der Waals surface area contributed by atoms with E-state index in [0.717, 1.165) is 44.8 Å². The van der Waals surface area contributed by atoms with Crippen LogP contribution in [-0.4, -0.2) is 12.1 Å². The Morgan fingerprint density at radius 3 is 2.11 bits per heavy atom. The molecule has 1 atom stereocenters. The number of allylic oxidation sites excluding steroid dienone is 2. The molecule has 1 aliphatic carbocycles. The molecule has 0 N–H and O–H groups in total. The van der Waals surface area contributed by atoms with Gasteiger partial charge in [0.25, 0.3) is 0 Å². The fourth-order valence-corrected chi connectivity index (χ4v) is 2.62. The van der Waals surface area contributed by atoms with Crippen molar-refractivity contribution < 1.29 is 9.59 Å². The summed E-state index contributed by atoms with van der Waals surface area (Å²) < 4.78 is 0. The maximum absolute atomic E-state index is 11.9. The highest BCUT2D eigenvalue weighted by molar-refractivity contribution is 5.93. The van der Waals surface area contributed by atoms with Crippen LogP contribution < -0.4 is 0 Å². The van der Waals surface area contributed by atoms with E-state index in [2.05, 4.69) is 12.2 Å². The van der Waals surface area contributed by atoms with Crippen LogP contribution in [0.5, 0.6) is 0 Å². The summed E-state index contributed by atoms with van der Waals surface area (Å²) >= 11 is 0. The highest BCUT2D eigenvalue weighted by Gasteiger charge is 2.16. The number of aldehydes is 1. The van der Waals surface area contributed by atoms with E-state index in [4.69, 9.17) is 0 Å². The monoisotopic (exact) mass is 264 g/mol. The number of carbonyl (C=O) groups excluding carboxylic acids is 2. The second kappa shape index (κ2) is 11.0. The van der Waals surface area contributed by atoms with Crippen molar-refractivity contribution in [2.24, 2.45) is 5.92 Å². The summed E-state index contributed by atoms with van der Waals surface area (Å²) in [5.74, 6) is -0.162. The van der Waals surface area contributed by atoms with Crippen molar-refractivity contribution in [3.05, 3.63) is 12.2 Å². The summed E-state index contributed by atoms with van der Waals surface area (Å²) in [6, 6.07) is 0. The van der Waals surface area contributed by atoms with Gasteiger partial charge in [0.1, 0.15) is 12.1 Å². The van der Waals surface area contributed by atoms with Gasteiger partial charge in [0, 0.05) is 6.42 Å². The Morgan fingerprint density at radius 1 is 0.842 bits per heavy atom. The largest absolute Gasteiger partial charge is 0.303 e. The number of carbonyl (C=O) groups is 2. The van der Waals surface area contributed by atoms with Gasteiger partial charge in [-0.05, 0) is 38.5 Å². The molecule has 0 amide bonds. The summed E-state index contributed by atoms with van der Waals surface area (Å²) in [4.78, 5) is 22.9. The first-order valence-electron chi connectivity index (χ1n) is 7.97. The topological polar surface area (TPSA) is 34.1 Å². The molecule has 0 aromatic carbocycles. The number of rotatable bonds is 1. The first kappa shape index (κ1) is 16.1. The lowest BCUT2D eigenvalue weighted by atomic mass is 9.94. The molecule has 0 radical (unpaired) electrons. The van der Waals surface area contributed by atoms with E-state index in [1.807, 2.05) is 0 Å². The molecule has 0 bridgehead atoms. The van der Waals surface area contributed by atoms with Gasteiger partial charge in [-0.1, -0.05) is 44.3 Å². The molecule has 1 aliphatic rings. The third-order valence-corrected chi connectivity index (χ3v) is 3.92. The Balaban J connectivity index is 2.36. The maximum Gasteiger partial charge on any atom is 0.143 e. The summed E-state index contributed by atoms with van der Waals surface area (Å²) in [5.41, 5.74) is 0. The van der Waals surface area contributed by atoms with Gasteiger partial charge < -0.3 is 4.79 Å². The summed E-state index contributed by atoms with van der Waals surface area (Å²) in [5, 5.41) is 0. The predicted molar refractivity (Wildman–Crippen MR) is 79.1 cm³/mol. The molecule has 1 unspecified atom stereocenters. The van der Waals surface area contributed by atoms with Crippen molar-refractivity contribution in [3.8, 4) is 0 Å². The highest BCUT2D eigenvalue weighted by atomic mass is 16.1. The van der Waals surface area contributed by atoms with Crippen LogP contribution in [0.4, 0.5) is 0 Å². The van der Waals surface area contributed by atoms with E-state index in [9.17, 15) is 9.59 Å². The average molecular weight is 264 g/mol. The van der Waals surface area contributed by atoms with E-state index in [1.165, 1.54) is 32.1 Å². The second-order valence-electron chi connectivity index (χ2n) is 5.62. The van der Waals surface area contributed by atoms with E-state index >= 15 is 0 Å². The van der Waals surface area contributed by atoms with E-state index < -0.39 is 0 Å². The molecule has 0 aromatic heterocycles. The number of ketones is 1. The SMILES string of the molecule is O=CC1CCCCC/C=C/CCCCCCCC1=O. The molecule has 19 heavy (non-hydrogen) atoms. The Kier molecular flexibility index (Phi) is 9.30. The lowest BCUT2D eigenvalue weighted by Crippen LogP contribution is -2.15. The minimum absolute atomic E-state index is 0.169. The molecule has 108 valence electrons. The van der Waals surface area contributed by atoms with Gasteiger partial charge in [-0.3, -0.25) is 4.79 Å². The van der Waals surface area contributed by atoms with Crippen molar-refractivity contribution in [3.63, 3.8) is 0 Å². The van der Waals surface area contributed by atoms with E-state index in [-0.39, 0.29) is 11.7 Å². The molecule has 2 nitrogen and oxygen atoms in total. The first-order chi connectivity index (χ1) is 9.34. The molecule has 0 fully saturated rings. The lowest BCUT2D eigenvalue weighted by molar-refractivity contribution is -0.127. The third kappa shape index (κ3) is 7.97. The van der Waals surface area contributed by atoms with Crippen LogP contribution in [-0.2, 0) is 9.59 Å². The van der Waals surface area contributed by atoms with Crippen molar-refractivity contribution >= 4 is 12.1 Å². The fourth-order valence-electron chi connectivity index (χ4n) is 2.62. The Morgan fingerprint density at radius 2 is 1.42 bits per heavy atom. The zero-order valence-electron chi connectivity index (χ0n) is 12.1. The summed E-state index contributed by atoms with van der Waals surface area (Å²) in [6.07, 6.45) is 18.3. The fraction of sp³-hybridized carbons (Fsp3) is 0.765. The van der Waals surface area contributed by atoms with Crippen molar-refractivity contribution in [1.29, 1.82) is 0 Å². The van der Waals surface area contributed by atoms with Gasteiger partial charge in [0.15, 0.2) is 0 Å². The minimum atomic E-state index is -0.330. The summed E-state index contributed by atoms with van der Waals surface area (Å²) in [7, 11) is 0. The molecule has 0 heterocycles. The summed E-state index contributed by atoms with van der Waals surface area (Å²) in [6.45, 7) is 0. The van der Waals surface area contributed by atoms with Gasteiger partial charge in [-0.2, -0.15) is 0 Å². The zero-order valence-corrected chi connectivity index (χ0v) is 12.1. The molecule has 0 aliphatic heterocycles. The van der Waals surface area contributed by atoms with Gasteiger partial charge in [-0.15, -0.1) is 0 Å². The number of Topliss-reactive ketones (excluding diaryl/α,β-unsaturated/α-hetero) is 1. The van der Waals surface area contributed by atoms with Gasteiger partial charge in [0.05, 0.1) is 5.92 Å². The van der Waals surface area contributed by atoms with Crippen molar-refractivity contribution in [2.75, 3.05) is 0 Å². The van der Waals surface area contributed by atoms with Crippen LogP contribution in [0.15, 0.2) is 12.2 Å². The second-order valence-corrected chi connectivity index (χ2v) is 5.62. The van der Waals surface area contributed by atoms with Gasteiger partial charge in [-0.25, -0.2) is 0 Å². The quantitative estimate of drug-likeness (QED) is 0.393. The van der Waals surface area contributed by atoms with Gasteiger partial charge in [0.2, 0.25) is 0 Å². The van der Waals surface area contributed by atoms with Crippen LogP contribution in [0.3, 0.4) is 0 Å². The standard InChI is InChI=1S/C17H28O2/c18-15-16-13-11-9-7-5-3-1-2-4-6-8-10-12-14-17(16)19/h1,3,15-16H,2,4-14H2/b3-1+. The van der Waals surface area contributed by atoms with E-state index in [0.29, 0.717) is 6.42 Å². The third-order valence-electron chi connectivity index (χ3n) is 3.92. The highest BCUT2D eigenvalue weighted by Crippen LogP contribution is 2.15. The number of hydrogen-bond donors (Lipinski definition) is 0. The lowest BCUT2D eigenvalue weighted by Gasteiger charge is -2.09. The Hall–Kier alpha value is -0.920. The van der Waals surface area contributed by atoms with Crippen LogP contribution in [0.25, 0.3) is 0 Å². The molecule has 1 rings (SSSR count). The van der Waals surface area contributed by atoms with E-state index in [1.54, 1.807) is 0 Å². The molecule has 0 spiro atoms. The molecule has 0 aromatic rings.